The van der Waals surface area contributed by atoms with Gasteiger partial charge in [0, 0.05) is 23.7 Å². The fourth-order valence-electron chi connectivity index (χ4n) is 4.61. The first kappa shape index (κ1) is 28.9. The molecule has 0 radical (unpaired) electrons. The van der Waals surface area contributed by atoms with Crippen molar-refractivity contribution in [2.45, 2.75) is 77.7 Å². The zero-order valence-corrected chi connectivity index (χ0v) is 24.2. The van der Waals surface area contributed by atoms with Crippen LogP contribution in [0.3, 0.4) is 0 Å². The third kappa shape index (κ3) is 6.08. The topological polar surface area (TPSA) is 72.8 Å². The average Bonchev–Trinajstić information content (AvgIpc) is 3.49. The maximum Gasteiger partial charge on any atom is 0.256 e. The summed E-state index contributed by atoms with van der Waals surface area (Å²) in [7, 11) is -1.10. The third-order valence-electron chi connectivity index (χ3n) is 6.12. The van der Waals surface area contributed by atoms with Crippen molar-refractivity contribution in [1.82, 2.24) is 14.4 Å². The van der Waals surface area contributed by atoms with Gasteiger partial charge in [0.1, 0.15) is 16.7 Å². The number of fused-ring (bicyclic) bond motifs is 1. The minimum atomic E-state index is -1.10. The highest BCUT2D eigenvalue weighted by Crippen LogP contribution is 2.42. The number of ether oxygens (including phenoxy) is 1. The highest BCUT2D eigenvalue weighted by molar-refractivity contribution is 7.84. The first-order chi connectivity index (χ1) is 17.1. The molecule has 0 saturated heterocycles. The van der Waals surface area contributed by atoms with Crippen LogP contribution in [0.25, 0.3) is 27.7 Å². The van der Waals surface area contributed by atoms with E-state index in [1.54, 1.807) is 12.1 Å². The molecule has 0 N–H and O–H groups in total. The van der Waals surface area contributed by atoms with Crippen molar-refractivity contribution in [3.8, 4) is 28.6 Å². The predicted octanol–water partition coefficient (Wildman–Crippen LogP) is 7.02. The molecule has 1 aliphatic carbocycles. The summed E-state index contributed by atoms with van der Waals surface area (Å²) in [5, 5.41) is 4.28. The number of hydrogen-bond acceptors (Lipinski definition) is 5. The molecule has 0 unspecified atom stereocenters. The Hall–Kier alpha value is -2.67. The van der Waals surface area contributed by atoms with Gasteiger partial charge in [0.05, 0.1) is 17.4 Å². The Bertz CT molecular complexity index is 1310. The van der Waals surface area contributed by atoms with E-state index in [1.807, 2.05) is 52.8 Å². The second-order valence-electron chi connectivity index (χ2n) is 10.3. The third-order valence-corrected chi connectivity index (χ3v) is 8.03. The molecule has 198 valence electrons. The van der Waals surface area contributed by atoms with E-state index < -0.39 is 11.0 Å². The second-order valence-corrected chi connectivity index (χ2v) is 12.5. The zero-order valence-electron chi connectivity index (χ0n) is 22.4. The second kappa shape index (κ2) is 11.8. The van der Waals surface area contributed by atoms with Crippen molar-refractivity contribution < 1.29 is 13.5 Å². The van der Waals surface area contributed by atoms with Gasteiger partial charge < -0.3 is 9.26 Å². The Morgan fingerprint density at radius 3 is 2.68 bits per heavy atom. The summed E-state index contributed by atoms with van der Waals surface area (Å²) in [5.74, 6) is 1.42. The van der Waals surface area contributed by atoms with Crippen molar-refractivity contribution in [1.29, 1.82) is 0 Å². The number of benzene rings is 2. The first-order valence-electron chi connectivity index (χ1n) is 12.5. The van der Waals surface area contributed by atoms with Crippen LogP contribution >= 0.6 is 13.5 Å². The van der Waals surface area contributed by atoms with Gasteiger partial charge in [-0.15, -0.1) is 0 Å². The van der Waals surface area contributed by atoms with Crippen LogP contribution in [0.4, 0.5) is 5.69 Å². The highest BCUT2D eigenvalue weighted by atomic mass is 32.2. The van der Waals surface area contributed by atoms with Gasteiger partial charge >= 0.3 is 0 Å². The Kier molecular flexibility index (Phi) is 9.22. The fourth-order valence-corrected chi connectivity index (χ4v) is 6.11. The Morgan fingerprint density at radius 2 is 2.03 bits per heavy atom. The van der Waals surface area contributed by atoms with E-state index in [0.717, 1.165) is 31.4 Å². The summed E-state index contributed by atoms with van der Waals surface area (Å²) >= 11 is 0. The maximum atomic E-state index is 13.4. The molecule has 9 heteroatoms. The van der Waals surface area contributed by atoms with Gasteiger partial charge in [-0.25, -0.2) is 13.4 Å². The summed E-state index contributed by atoms with van der Waals surface area (Å²) in [6, 6.07) is 11.6. The van der Waals surface area contributed by atoms with Gasteiger partial charge in [-0.1, -0.05) is 30.3 Å². The van der Waals surface area contributed by atoms with Crippen molar-refractivity contribution in [2.24, 2.45) is 0 Å². The summed E-state index contributed by atoms with van der Waals surface area (Å²) in [6.07, 6.45) is 2.69. The van der Waals surface area contributed by atoms with Crippen LogP contribution < -0.4 is 4.74 Å². The van der Waals surface area contributed by atoms with Crippen LogP contribution in [0.2, 0.25) is 0 Å². The van der Waals surface area contributed by atoms with Crippen LogP contribution in [0.5, 0.6) is 5.75 Å². The smallest absolute Gasteiger partial charge is 0.256 e. The van der Waals surface area contributed by atoms with Crippen LogP contribution in [0, 0.1) is 6.57 Å². The minimum absolute atomic E-state index is 0. The van der Waals surface area contributed by atoms with E-state index in [4.69, 9.17) is 15.8 Å². The lowest BCUT2D eigenvalue weighted by atomic mass is 10.0. The van der Waals surface area contributed by atoms with Crippen molar-refractivity contribution in [2.75, 3.05) is 6.54 Å². The van der Waals surface area contributed by atoms with Gasteiger partial charge in [0.25, 0.3) is 5.89 Å². The Labute approximate surface area is 229 Å². The molecule has 2 atom stereocenters. The summed E-state index contributed by atoms with van der Waals surface area (Å²) in [4.78, 5) is 8.28. The van der Waals surface area contributed by atoms with Gasteiger partial charge in [-0.05, 0) is 83.2 Å². The number of rotatable bonds is 8. The van der Waals surface area contributed by atoms with E-state index in [0.29, 0.717) is 28.7 Å². The van der Waals surface area contributed by atoms with E-state index in [2.05, 4.69) is 32.3 Å². The van der Waals surface area contributed by atoms with Gasteiger partial charge in [-0.2, -0.15) is 18.5 Å². The van der Waals surface area contributed by atoms with E-state index >= 15 is 0 Å². The van der Waals surface area contributed by atoms with Crippen LogP contribution in [0.1, 0.15) is 71.6 Å². The average molecular weight is 541 g/mol. The van der Waals surface area contributed by atoms with Gasteiger partial charge in [0.15, 0.2) is 0 Å². The molecule has 0 amide bonds. The van der Waals surface area contributed by atoms with E-state index in [-0.39, 0.29) is 30.4 Å². The monoisotopic (exact) mass is 540 g/mol. The fraction of sp³-hybridized carbons (Fsp3) is 0.464. The lowest BCUT2D eigenvalue weighted by Crippen LogP contribution is -2.39. The van der Waals surface area contributed by atoms with Crippen molar-refractivity contribution >= 4 is 30.2 Å². The summed E-state index contributed by atoms with van der Waals surface area (Å²) in [6.45, 7) is 20.4. The highest BCUT2D eigenvalue weighted by Gasteiger charge is 2.36. The van der Waals surface area contributed by atoms with Crippen LogP contribution in [-0.2, 0) is 17.4 Å². The molecule has 0 spiro atoms. The van der Waals surface area contributed by atoms with Crippen molar-refractivity contribution in [3.05, 3.63) is 58.9 Å². The van der Waals surface area contributed by atoms with Crippen LogP contribution in [0.15, 0.2) is 40.9 Å². The molecule has 0 bridgehead atoms. The molecule has 0 aliphatic heterocycles. The molecule has 2 aromatic carbocycles. The molecule has 1 heterocycles. The van der Waals surface area contributed by atoms with E-state index in [9.17, 15) is 4.21 Å². The lowest BCUT2D eigenvalue weighted by Gasteiger charge is -2.33. The molecule has 3 aromatic rings. The Morgan fingerprint density at radius 1 is 1.27 bits per heavy atom. The molecule has 1 aromatic heterocycles. The van der Waals surface area contributed by atoms with Gasteiger partial charge in [0.2, 0.25) is 11.5 Å². The molecule has 4 rings (SSSR count). The molecular formula is C28H36N4O3S2. The number of nitrogens with zero attached hydrogens (tertiary/aromatic N) is 4. The largest absolute Gasteiger partial charge is 0.502 e. The molecular weight excluding hydrogens is 504 g/mol. The zero-order chi connectivity index (χ0) is 26.0. The Balaban J connectivity index is 0.00000380. The summed E-state index contributed by atoms with van der Waals surface area (Å²) < 4.78 is 26.6. The number of hydrogen-bond donors (Lipinski definition) is 0. The maximum absolute atomic E-state index is 13.4. The minimum Gasteiger partial charge on any atom is -0.502 e. The quantitative estimate of drug-likeness (QED) is 0.287. The predicted molar refractivity (Wildman–Crippen MR) is 154 cm³/mol. The normalized spacial score (nSPS) is 15.8. The van der Waals surface area contributed by atoms with E-state index in [1.165, 1.54) is 11.1 Å². The molecule has 7 nitrogen and oxygen atoms in total. The lowest BCUT2D eigenvalue weighted by molar-refractivity contribution is 0.244. The molecule has 0 fully saturated rings. The molecule has 0 saturated carbocycles. The standard InChI is InChI=1S/C28H34N4O3S.H2S/c1-8-16-32(36(33)28(4,5)6)24-14-13-20-21(24)10-9-11-22(20)26-30-27(35-31-26)19-12-15-25(34-18(2)3)23(17-19)29-7;/h9-12,15,17-18,24H,8,13-14,16H2,1-6H3;1H2/t24-,36-;/m0./s1. The molecule has 1 aliphatic rings. The number of aromatic nitrogens is 2. The SMILES string of the molecule is S.[C-]#[N+]c1cc(-c2nc(-c3cccc4c3CC[C@@H]4N(CCC)[S@@](=O)C(C)(C)C)no2)ccc1OC(C)C. The summed E-state index contributed by atoms with van der Waals surface area (Å²) in [5.41, 5.74) is 4.40. The van der Waals surface area contributed by atoms with Crippen molar-refractivity contribution in [3.63, 3.8) is 0 Å². The first-order valence-corrected chi connectivity index (χ1v) is 13.6. The molecule has 37 heavy (non-hydrogen) atoms. The van der Waals surface area contributed by atoms with Crippen LogP contribution in [-0.4, -0.2) is 36.1 Å². The van der Waals surface area contributed by atoms with Gasteiger partial charge in [-0.3, -0.25) is 0 Å².